The molecule has 3 fully saturated rings. The lowest BCUT2D eigenvalue weighted by atomic mass is 9.71. The van der Waals surface area contributed by atoms with Gasteiger partial charge in [0, 0.05) is 32.7 Å². The van der Waals surface area contributed by atoms with Crippen molar-refractivity contribution < 1.29 is 0 Å². The van der Waals surface area contributed by atoms with Gasteiger partial charge in [-0.25, -0.2) is 0 Å². The van der Waals surface area contributed by atoms with Crippen LogP contribution in [0.1, 0.15) is 33.1 Å². The van der Waals surface area contributed by atoms with Gasteiger partial charge >= 0.3 is 0 Å². The molecule has 3 aliphatic heterocycles. The van der Waals surface area contributed by atoms with Gasteiger partial charge in [0.15, 0.2) is 0 Å². The first-order valence-electron chi connectivity index (χ1n) is 8.72. The largest absolute Gasteiger partial charge is 0.306 e. The topological polar surface area (TPSA) is 9.72 Å². The molecule has 0 saturated carbocycles. The van der Waals surface area contributed by atoms with Crippen LogP contribution in [0.3, 0.4) is 0 Å². The maximum absolute atomic E-state index is 2.75. The second kappa shape index (κ2) is 5.94. The summed E-state index contributed by atoms with van der Waals surface area (Å²) in [6, 6.07) is 0. The van der Waals surface area contributed by atoms with Crippen molar-refractivity contribution in [1.82, 2.24) is 14.7 Å². The third kappa shape index (κ3) is 3.20. The Morgan fingerprint density at radius 1 is 1.05 bits per heavy atom. The quantitative estimate of drug-likeness (QED) is 0.782. The highest BCUT2D eigenvalue weighted by Crippen LogP contribution is 2.40. The molecule has 3 heterocycles. The summed E-state index contributed by atoms with van der Waals surface area (Å²) < 4.78 is 0. The lowest BCUT2D eigenvalue weighted by Gasteiger charge is -2.55. The first-order chi connectivity index (χ1) is 9.58. The fraction of sp³-hybridized carbons (Fsp3) is 1.00. The van der Waals surface area contributed by atoms with Crippen LogP contribution in [0.15, 0.2) is 0 Å². The molecule has 3 saturated heterocycles. The van der Waals surface area contributed by atoms with E-state index in [0.717, 1.165) is 11.8 Å². The molecule has 0 aromatic rings. The van der Waals surface area contributed by atoms with E-state index in [0.29, 0.717) is 5.41 Å². The average Bonchev–Trinajstić information content (AvgIpc) is 2.39. The number of rotatable bonds is 3. The zero-order chi connectivity index (χ0) is 14.2. The van der Waals surface area contributed by atoms with Crippen LogP contribution in [0.25, 0.3) is 0 Å². The molecular weight excluding hydrogens is 246 g/mol. The molecule has 3 rings (SSSR count). The van der Waals surface area contributed by atoms with Crippen molar-refractivity contribution >= 4 is 0 Å². The van der Waals surface area contributed by atoms with Crippen LogP contribution in [0.4, 0.5) is 0 Å². The predicted octanol–water partition coefficient (Wildman–Crippen LogP) is 1.99. The molecule has 0 aromatic carbocycles. The third-order valence-electron chi connectivity index (χ3n) is 5.95. The summed E-state index contributed by atoms with van der Waals surface area (Å²) in [7, 11) is 2.27. The van der Waals surface area contributed by atoms with E-state index >= 15 is 0 Å². The van der Waals surface area contributed by atoms with Crippen molar-refractivity contribution in [3.63, 3.8) is 0 Å². The normalized spacial score (nSPS) is 36.1. The molecule has 0 radical (unpaired) electrons. The number of hydrogen-bond donors (Lipinski definition) is 0. The van der Waals surface area contributed by atoms with Gasteiger partial charge in [-0.15, -0.1) is 0 Å². The highest BCUT2D eigenvalue weighted by molar-refractivity contribution is 4.98. The molecule has 1 spiro atoms. The van der Waals surface area contributed by atoms with E-state index in [1.54, 1.807) is 0 Å². The Morgan fingerprint density at radius 3 is 2.40 bits per heavy atom. The predicted molar refractivity (Wildman–Crippen MR) is 85.0 cm³/mol. The van der Waals surface area contributed by atoms with E-state index in [9.17, 15) is 0 Å². The molecule has 3 heteroatoms. The monoisotopic (exact) mass is 279 g/mol. The van der Waals surface area contributed by atoms with Gasteiger partial charge in [-0.1, -0.05) is 13.8 Å². The van der Waals surface area contributed by atoms with Crippen molar-refractivity contribution in [3.05, 3.63) is 0 Å². The van der Waals surface area contributed by atoms with Crippen molar-refractivity contribution in [3.8, 4) is 0 Å². The van der Waals surface area contributed by atoms with E-state index in [2.05, 4.69) is 35.6 Å². The summed E-state index contributed by atoms with van der Waals surface area (Å²) in [4.78, 5) is 7.90. The Morgan fingerprint density at radius 2 is 1.75 bits per heavy atom. The van der Waals surface area contributed by atoms with E-state index in [4.69, 9.17) is 0 Å². The SMILES string of the molecule is CCN1CC(C)CC(CN2CC3(CCN(C)CC3)C2)C1. The minimum Gasteiger partial charge on any atom is -0.306 e. The smallest absolute Gasteiger partial charge is 0.00516 e. The van der Waals surface area contributed by atoms with Gasteiger partial charge < -0.3 is 14.7 Å². The molecule has 3 nitrogen and oxygen atoms in total. The van der Waals surface area contributed by atoms with Crippen LogP contribution in [0.5, 0.6) is 0 Å². The zero-order valence-corrected chi connectivity index (χ0v) is 13.8. The first kappa shape index (κ1) is 14.8. The van der Waals surface area contributed by atoms with Gasteiger partial charge in [-0.3, -0.25) is 0 Å². The Balaban J connectivity index is 1.44. The van der Waals surface area contributed by atoms with E-state index in [-0.39, 0.29) is 0 Å². The second-order valence-corrected chi connectivity index (χ2v) is 8.03. The van der Waals surface area contributed by atoms with Crippen molar-refractivity contribution in [2.45, 2.75) is 33.1 Å². The van der Waals surface area contributed by atoms with Gasteiger partial charge in [0.25, 0.3) is 0 Å². The summed E-state index contributed by atoms with van der Waals surface area (Å²) >= 11 is 0. The van der Waals surface area contributed by atoms with Gasteiger partial charge in [-0.05, 0) is 63.2 Å². The number of hydrogen-bond acceptors (Lipinski definition) is 3. The van der Waals surface area contributed by atoms with E-state index < -0.39 is 0 Å². The minimum absolute atomic E-state index is 0.706. The van der Waals surface area contributed by atoms with Crippen molar-refractivity contribution in [1.29, 1.82) is 0 Å². The molecule has 0 aliphatic carbocycles. The van der Waals surface area contributed by atoms with Gasteiger partial charge in [0.05, 0.1) is 0 Å². The highest BCUT2D eigenvalue weighted by Gasteiger charge is 2.44. The molecule has 0 bridgehead atoms. The van der Waals surface area contributed by atoms with Gasteiger partial charge in [0.2, 0.25) is 0 Å². The summed E-state index contributed by atoms with van der Waals surface area (Å²) in [5, 5.41) is 0. The Bertz CT molecular complexity index is 314. The second-order valence-electron chi connectivity index (χ2n) is 8.03. The zero-order valence-electron chi connectivity index (χ0n) is 13.8. The molecule has 20 heavy (non-hydrogen) atoms. The van der Waals surface area contributed by atoms with Crippen molar-refractivity contribution in [2.24, 2.45) is 17.3 Å². The molecule has 3 aliphatic rings. The first-order valence-corrected chi connectivity index (χ1v) is 8.72. The lowest BCUT2D eigenvalue weighted by molar-refractivity contribution is -0.0559. The van der Waals surface area contributed by atoms with Crippen LogP contribution in [-0.4, -0.2) is 74.1 Å². The van der Waals surface area contributed by atoms with E-state index in [1.165, 1.54) is 71.6 Å². The minimum atomic E-state index is 0.706. The molecule has 0 amide bonds. The van der Waals surface area contributed by atoms with Crippen LogP contribution < -0.4 is 0 Å². The van der Waals surface area contributed by atoms with Gasteiger partial charge in [-0.2, -0.15) is 0 Å². The van der Waals surface area contributed by atoms with Crippen LogP contribution >= 0.6 is 0 Å². The number of likely N-dealkylation sites (tertiary alicyclic amines) is 3. The Hall–Kier alpha value is -0.120. The third-order valence-corrected chi connectivity index (χ3v) is 5.95. The Labute approximate surface area is 125 Å². The van der Waals surface area contributed by atoms with Gasteiger partial charge in [0.1, 0.15) is 0 Å². The lowest BCUT2D eigenvalue weighted by Crippen LogP contribution is -2.61. The van der Waals surface area contributed by atoms with Crippen LogP contribution in [0, 0.1) is 17.3 Å². The van der Waals surface area contributed by atoms with E-state index in [1.807, 2.05) is 0 Å². The standard InChI is InChI=1S/C17H33N3/c1-4-19-10-15(2)9-16(11-19)12-20-13-17(14-20)5-7-18(3)8-6-17/h15-16H,4-14H2,1-3H3. The fourth-order valence-corrected chi connectivity index (χ4v) is 4.79. The molecule has 0 aromatic heterocycles. The maximum Gasteiger partial charge on any atom is 0.00516 e. The summed E-state index contributed by atoms with van der Waals surface area (Å²) in [6.07, 6.45) is 4.31. The number of piperidine rings is 2. The average molecular weight is 279 g/mol. The molecule has 0 N–H and O–H groups in total. The van der Waals surface area contributed by atoms with Crippen LogP contribution in [-0.2, 0) is 0 Å². The maximum atomic E-state index is 2.75. The summed E-state index contributed by atoms with van der Waals surface area (Å²) in [6.45, 7) is 15.4. The molecule has 2 atom stereocenters. The van der Waals surface area contributed by atoms with Crippen LogP contribution in [0.2, 0.25) is 0 Å². The summed E-state index contributed by atoms with van der Waals surface area (Å²) in [5.74, 6) is 1.81. The summed E-state index contributed by atoms with van der Waals surface area (Å²) in [5.41, 5.74) is 0.706. The molecular formula is C17H33N3. The molecule has 2 unspecified atom stereocenters. The molecule has 116 valence electrons. The highest BCUT2D eigenvalue weighted by atomic mass is 15.2. The fourth-order valence-electron chi connectivity index (χ4n) is 4.79. The number of nitrogens with zero attached hydrogens (tertiary/aromatic N) is 3. The van der Waals surface area contributed by atoms with Crippen molar-refractivity contribution in [2.75, 3.05) is 59.4 Å². The Kier molecular flexibility index (Phi) is 4.40.